The summed E-state index contributed by atoms with van der Waals surface area (Å²) in [5.41, 5.74) is 0. The Morgan fingerprint density at radius 1 is 1.08 bits per heavy atom. The smallest absolute Gasteiger partial charge is 0.0806 e. The van der Waals surface area contributed by atoms with Crippen LogP contribution in [-0.2, 0) is 0 Å². The van der Waals surface area contributed by atoms with E-state index in [0.717, 1.165) is 12.8 Å². The lowest BCUT2D eigenvalue weighted by atomic mass is 9.88. The predicted octanol–water partition coefficient (Wildman–Crippen LogP) is 3.28. The van der Waals surface area contributed by atoms with Gasteiger partial charge in [-0.1, -0.05) is 34.6 Å². The first-order valence-corrected chi connectivity index (χ1v) is 5.84. The highest BCUT2D eigenvalue weighted by Crippen LogP contribution is 2.35. The van der Waals surface area contributed by atoms with Crippen molar-refractivity contribution in [2.45, 2.75) is 52.8 Å². The maximum absolute atomic E-state index is 10.2. The molecule has 0 aromatic rings. The van der Waals surface area contributed by atoms with Crippen molar-refractivity contribution in [1.82, 2.24) is 0 Å². The molecule has 80 valence electrons. The monoisotopic (exact) mass is 204 g/mol. The van der Waals surface area contributed by atoms with Gasteiger partial charge in [0.15, 0.2) is 0 Å². The van der Waals surface area contributed by atoms with Crippen molar-refractivity contribution in [2.75, 3.05) is 0 Å². The van der Waals surface area contributed by atoms with E-state index in [-0.39, 0.29) is 0 Å². The molecule has 0 aliphatic heterocycles. The standard InChI is InChI=1S/C11H25OP/c1-8(2)6-10(5)11(12,13)7-9(3)4/h8-10,12H,6-7,13H2,1-5H3. The minimum Gasteiger partial charge on any atom is -0.386 e. The summed E-state index contributed by atoms with van der Waals surface area (Å²) in [5.74, 6) is 1.58. The third-order valence-electron chi connectivity index (χ3n) is 2.41. The summed E-state index contributed by atoms with van der Waals surface area (Å²) in [6.45, 7) is 10.8. The fourth-order valence-electron chi connectivity index (χ4n) is 1.77. The lowest BCUT2D eigenvalue weighted by molar-refractivity contribution is 0.0486. The molecule has 0 aliphatic rings. The Hall–Kier alpha value is 0.390. The highest BCUT2D eigenvalue weighted by atomic mass is 31.0. The molecule has 13 heavy (non-hydrogen) atoms. The van der Waals surface area contributed by atoms with Crippen molar-refractivity contribution in [3.63, 3.8) is 0 Å². The first-order chi connectivity index (χ1) is 5.75. The number of aliphatic hydroxyl groups is 1. The third-order valence-corrected chi connectivity index (χ3v) is 3.22. The van der Waals surface area contributed by atoms with Gasteiger partial charge in [0.25, 0.3) is 0 Å². The number of rotatable bonds is 5. The topological polar surface area (TPSA) is 20.2 Å². The molecule has 0 spiro atoms. The van der Waals surface area contributed by atoms with Crippen molar-refractivity contribution in [3.05, 3.63) is 0 Å². The van der Waals surface area contributed by atoms with Gasteiger partial charge in [-0.25, -0.2) is 0 Å². The Morgan fingerprint density at radius 3 is 1.85 bits per heavy atom. The van der Waals surface area contributed by atoms with Crippen LogP contribution in [0.2, 0.25) is 0 Å². The SMILES string of the molecule is CC(C)CC(C)C(O)(P)CC(C)C. The van der Waals surface area contributed by atoms with Crippen LogP contribution in [0.5, 0.6) is 0 Å². The minimum absolute atomic E-state index is 0.361. The third kappa shape index (κ3) is 5.65. The summed E-state index contributed by atoms with van der Waals surface area (Å²) in [4.78, 5) is 0. The van der Waals surface area contributed by atoms with Gasteiger partial charge >= 0.3 is 0 Å². The second kappa shape index (κ2) is 5.32. The van der Waals surface area contributed by atoms with Crippen LogP contribution in [0.3, 0.4) is 0 Å². The van der Waals surface area contributed by atoms with E-state index in [2.05, 4.69) is 43.9 Å². The van der Waals surface area contributed by atoms with E-state index in [1.54, 1.807) is 0 Å². The maximum Gasteiger partial charge on any atom is 0.0806 e. The van der Waals surface area contributed by atoms with Gasteiger partial charge in [-0.05, 0) is 30.6 Å². The van der Waals surface area contributed by atoms with E-state index in [9.17, 15) is 5.11 Å². The van der Waals surface area contributed by atoms with Crippen molar-refractivity contribution in [2.24, 2.45) is 17.8 Å². The first-order valence-electron chi connectivity index (χ1n) is 5.27. The van der Waals surface area contributed by atoms with Gasteiger partial charge < -0.3 is 5.11 Å². The van der Waals surface area contributed by atoms with Crippen molar-refractivity contribution >= 4 is 9.24 Å². The molecule has 3 atom stereocenters. The molecule has 0 saturated carbocycles. The van der Waals surface area contributed by atoms with E-state index in [1.165, 1.54) is 0 Å². The lowest BCUT2D eigenvalue weighted by Gasteiger charge is -2.32. The van der Waals surface area contributed by atoms with Gasteiger partial charge in [0, 0.05) is 0 Å². The van der Waals surface area contributed by atoms with Crippen LogP contribution >= 0.6 is 9.24 Å². The maximum atomic E-state index is 10.2. The molecule has 0 heterocycles. The van der Waals surface area contributed by atoms with Crippen LogP contribution in [-0.4, -0.2) is 10.4 Å². The summed E-state index contributed by atoms with van der Waals surface area (Å²) in [6, 6.07) is 0. The van der Waals surface area contributed by atoms with E-state index < -0.39 is 5.34 Å². The molecule has 0 fully saturated rings. The molecule has 1 N–H and O–H groups in total. The molecule has 0 radical (unpaired) electrons. The molecule has 0 aliphatic carbocycles. The molecular weight excluding hydrogens is 179 g/mol. The molecule has 0 saturated heterocycles. The minimum atomic E-state index is -0.571. The Balaban J connectivity index is 4.10. The highest BCUT2D eigenvalue weighted by Gasteiger charge is 2.29. The number of hydrogen-bond acceptors (Lipinski definition) is 1. The van der Waals surface area contributed by atoms with Crippen LogP contribution < -0.4 is 0 Å². The highest BCUT2D eigenvalue weighted by molar-refractivity contribution is 7.18. The van der Waals surface area contributed by atoms with E-state index in [0.29, 0.717) is 17.8 Å². The molecule has 3 unspecified atom stereocenters. The summed E-state index contributed by atoms with van der Waals surface area (Å²) in [7, 11) is 2.62. The quantitative estimate of drug-likeness (QED) is 0.681. The molecule has 0 rings (SSSR count). The second-order valence-corrected chi connectivity index (χ2v) is 6.12. The largest absolute Gasteiger partial charge is 0.386 e. The van der Waals surface area contributed by atoms with Crippen molar-refractivity contribution in [1.29, 1.82) is 0 Å². The zero-order valence-electron chi connectivity index (χ0n) is 9.67. The number of hydrogen-bond donors (Lipinski definition) is 1. The Kier molecular flexibility index (Phi) is 5.47. The molecule has 0 aromatic carbocycles. The van der Waals surface area contributed by atoms with Crippen LogP contribution in [0.4, 0.5) is 0 Å². The van der Waals surface area contributed by atoms with Gasteiger partial charge in [-0.2, -0.15) is 0 Å². The van der Waals surface area contributed by atoms with Crippen LogP contribution in [0.25, 0.3) is 0 Å². The fraction of sp³-hybridized carbons (Fsp3) is 1.00. The summed E-state index contributed by atoms with van der Waals surface area (Å²) >= 11 is 0. The van der Waals surface area contributed by atoms with Crippen LogP contribution in [0, 0.1) is 17.8 Å². The normalized spacial score (nSPS) is 19.2. The fourth-order valence-corrected chi connectivity index (χ4v) is 2.37. The van der Waals surface area contributed by atoms with Gasteiger partial charge in [0.05, 0.1) is 5.34 Å². The van der Waals surface area contributed by atoms with Gasteiger partial charge in [-0.15, -0.1) is 9.24 Å². The average molecular weight is 204 g/mol. The van der Waals surface area contributed by atoms with Gasteiger partial charge in [-0.3, -0.25) is 0 Å². The van der Waals surface area contributed by atoms with Gasteiger partial charge in [0.1, 0.15) is 0 Å². The molecule has 0 amide bonds. The van der Waals surface area contributed by atoms with E-state index in [1.807, 2.05) is 0 Å². The lowest BCUT2D eigenvalue weighted by Crippen LogP contribution is -2.31. The predicted molar refractivity (Wildman–Crippen MR) is 62.7 cm³/mol. The summed E-state index contributed by atoms with van der Waals surface area (Å²) in [6.07, 6.45) is 1.96. The van der Waals surface area contributed by atoms with Crippen molar-refractivity contribution in [3.8, 4) is 0 Å². The van der Waals surface area contributed by atoms with E-state index >= 15 is 0 Å². The molecule has 0 aromatic heterocycles. The summed E-state index contributed by atoms with van der Waals surface area (Å²) in [5, 5.41) is 9.59. The zero-order chi connectivity index (χ0) is 10.6. The Labute approximate surface area is 85.5 Å². The van der Waals surface area contributed by atoms with Crippen LogP contribution in [0.15, 0.2) is 0 Å². The van der Waals surface area contributed by atoms with Crippen LogP contribution in [0.1, 0.15) is 47.5 Å². The van der Waals surface area contributed by atoms with E-state index in [4.69, 9.17) is 0 Å². The Morgan fingerprint density at radius 2 is 1.54 bits per heavy atom. The molecule has 0 bridgehead atoms. The average Bonchev–Trinajstić information content (AvgIpc) is 1.81. The molecule has 2 heteroatoms. The van der Waals surface area contributed by atoms with Gasteiger partial charge in [0.2, 0.25) is 0 Å². The molecule has 1 nitrogen and oxygen atoms in total. The zero-order valence-corrected chi connectivity index (χ0v) is 10.8. The van der Waals surface area contributed by atoms with Crippen molar-refractivity contribution < 1.29 is 5.11 Å². The first kappa shape index (κ1) is 13.4. The summed E-state index contributed by atoms with van der Waals surface area (Å²) < 4.78 is 0. The molecular formula is C11H25OP. The second-order valence-electron chi connectivity index (χ2n) is 5.12. The Bertz CT molecular complexity index is 141.